The maximum Gasteiger partial charge on any atom is 0.240 e. The summed E-state index contributed by atoms with van der Waals surface area (Å²) >= 11 is 1.70. The molecule has 0 radical (unpaired) electrons. The molecule has 4 nitrogen and oxygen atoms in total. The first-order chi connectivity index (χ1) is 11.4. The van der Waals surface area contributed by atoms with Crippen molar-refractivity contribution in [1.29, 1.82) is 0 Å². The molecule has 0 unspecified atom stereocenters. The Morgan fingerprint density at radius 2 is 1.83 bits per heavy atom. The van der Waals surface area contributed by atoms with Crippen LogP contribution in [0.5, 0.6) is 0 Å². The topological polar surface area (TPSA) is 63.2 Å². The van der Waals surface area contributed by atoms with Crippen LogP contribution in [0.2, 0.25) is 0 Å². The molecule has 128 valence electrons. The summed E-state index contributed by atoms with van der Waals surface area (Å²) in [6.45, 7) is 1.89. The van der Waals surface area contributed by atoms with Gasteiger partial charge >= 0.3 is 0 Å². The van der Waals surface area contributed by atoms with Gasteiger partial charge in [-0.2, -0.15) is 0 Å². The third kappa shape index (κ3) is 3.45. The fourth-order valence-electron chi connectivity index (χ4n) is 3.33. The Morgan fingerprint density at radius 1 is 1.17 bits per heavy atom. The van der Waals surface area contributed by atoms with Gasteiger partial charge < -0.3 is 0 Å². The molecule has 0 aliphatic heterocycles. The molecule has 1 aliphatic carbocycles. The third-order valence-corrected chi connectivity index (χ3v) is 7.31. The number of nitrogens with one attached hydrogen (secondary N) is 1. The average Bonchev–Trinajstić information content (AvgIpc) is 3.25. The zero-order valence-corrected chi connectivity index (χ0v) is 15.3. The molecule has 1 heterocycles. The summed E-state index contributed by atoms with van der Waals surface area (Å²) in [6.07, 6.45) is 4.29. The van der Waals surface area contributed by atoms with Crippen LogP contribution >= 0.6 is 11.3 Å². The SMILES string of the molecule is CC(=O)c1ccc(S(=O)(=O)NCC2(c3cccs3)CCCC2)cc1. The number of carbonyl (C=O) groups excluding carboxylic acids is 1. The average molecular weight is 364 g/mol. The first-order valence-electron chi connectivity index (χ1n) is 8.08. The number of rotatable bonds is 6. The van der Waals surface area contributed by atoms with Crippen LogP contribution in [0, 0.1) is 0 Å². The standard InChI is InChI=1S/C18H21NO3S2/c1-14(20)15-6-8-16(9-7-15)24(21,22)19-13-18(10-2-3-11-18)17-5-4-12-23-17/h4-9,12,19H,2-3,10-11,13H2,1H3. The Labute approximate surface area is 147 Å². The predicted octanol–water partition coefficient (Wildman–Crippen LogP) is 3.74. The Balaban J connectivity index is 1.78. The summed E-state index contributed by atoms with van der Waals surface area (Å²) in [5.41, 5.74) is 0.431. The van der Waals surface area contributed by atoms with E-state index in [2.05, 4.69) is 10.8 Å². The van der Waals surface area contributed by atoms with E-state index in [1.807, 2.05) is 11.4 Å². The maximum absolute atomic E-state index is 12.6. The lowest BCUT2D eigenvalue weighted by molar-refractivity contribution is 0.101. The first kappa shape index (κ1) is 17.3. The summed E-state index contributed by atoms with van der Waals surface area (Å²) in [4.78, 5) is 12.8. The predicted molar refractivity (Wildman–Crippen MR) is 96.1 cm³/mol. The van der Waals surface area contributed by atoms with E-state index in [9.17, 15) is 13.2 Å². The fraction of sp³-hybridized carbons (Fsp3) is 0.389. The number of carbonyl (C=O) groups is 1. The molecule has 0 atom stereocenters. The largest absolute Gasteiger partial charge is 0.295 e. The molecule has 1 saturated carbocycles. The number of hydrogen-bond donors (Lipinski definition) is 1. The monoisotopic (exact) mass is 363 g/mol. The summed E-state index contributed by atoms with van der Waals surface area (Å²) < 4.78 is 28.0. The molecular formula is C18H21NO3S2. The second-order valence-electron chi connectivity index (χ2n) is 6.37. The highest BCUT2D eigenvalue weighted by atomic mass is 32.2. The minimum absolute atomic E-state index is 0.0745. The molecule has 1 aromatic carbocycles. The van der Waals surface area contributed by atoms with E-state index in [0.29, 0.717) is 12.1 Å². The van der Waals surface area contributed by atoms with E-state index >= 15 is 0 Å². The third-order valence-electron chi connectivity index (χ3n) is 4.78. The van der Waals surface area contributed by atoms with E-state index in [-0.39, 0.29) is 16.1 Å². The van der Waals surface area contributed by atoms with Crippen molar-refractivity contribution in [2.75, 3.05) is 6.54 Å². The van der Waals surface area contributed by atoms with Crippen molar-refractivity contribution in [1.82, 2.24) is 4.72 Å². The van der Waals surface area contributed by atoms with E-state index in [0.717, 1.165) is 25.7 Å². The zero-order chi connectivity index (χ0) is 17.2. The number of Topliss-reactive ketones (excluding diaryl/α,β-unsaturated/α-hetero) is 1. The van der Waals surface area contributed by atoms with Gasteiger partial charge in [0.1, 0.15) is 0 Å². The normalized spacial score (nSPS) is 17.0. The molecule has 0 spiro atoms. The lowest BCUT2D eigenvalue weighted by atomic mass is 9.85. The van der Waals surface area contributed by atoms with Gasteiger partial charge in [0.2, 0.25) is 10.0 Å². The van der Waals surface area contributed by atoms with Crippen LogP contribution in [-0.2, 0) is 15.4 Å². The van der Waals surface area contributed by atoms with Crippen LogP contribution < -0.4 is 4.72 Å². The summed E-state index contributed by atoms with van der Waals surface area (Å²) in [5, 5.41) is 2.05. The van der Waals surface area contributed by atoms with Gasteiger partial charge in [-0.05, 0) is 43.3 Å². The zero-order valence-electron chi connectivity index (χ0n) is 13.6. The Hall–Kier alpha value is -1.50. The van der Waals surface area contributed by atoms with Gasteiger partial charge in [-0.3, -0.25) is 4.79 Å². The number of ketones is 1. The molecule has 2 aromatic rings. The highest BCUT2D eigenvalue weighted by Crippen LogP contribution is 2.42. The molecule has 1 aromatic heterocycles. The highest BCUT2D eigenvalue weighted by Gasteiger charge is 2.37. The molecule has 6 heteroatoms. The lowest BCUT2D eigenvalue weighted by Gasteiger charge is -2.28. The van der Waals surface area contributed by atoms with Crippen LogP contribution in [0.1, 0.15) is 47.8 Å². The molecule has 1 fully saturated rings. The van der Waals surface area contributed by atoms with Gasteiger partial charge in [-0.25, -0.2) is 13.1 Å². The molecule has 0 amide bonds. The van der Waals surface area contributed by atoms with Crippen molar-refractivity contribution in [2.45, 2.75) is 42.9 Å². The van der Waals surface area contributed by atoms with E-state index in [1.54, 1.807) is 23.5 Å². The van der Waals surface area contributed by atoms with Crippen molar-refractivity contribution in [3.8, 4) is 0 Å². The van der Waals surface area contributed by atoms with Gasteiger partial charge in [0, 0.05) is 22.4 Å². The maximum atomic E-state index is 12.6. The molecule has 3 rings (SSSR count). The Bertz CT molecular complexity index is 802. The van der Waals surface area contributed by atoms with Crippen LogP contribution in [0.15, 0.2) is 46.7 Å². The Morgan fingerprint density at radius 3 is 2.38 bits per heavy atom. The number of benzene rings is 1. The minimum Gasteiger partial charge on any atom is -0.295 e. The van der Waals surface area contributed by atoms with Crippen LogP contribution in [-0.4, -0.2) is 20.7 Å². The van der Waals surface area contributed by atoms with E-state index in [4.69, 9.17) is 0 Å². The van der Waals surface area contributed by atoms with Crippen LogP contribution in [0.25, 0.3) is 0 Å². The highest BCUT2D eigenvalue weighted by molar-refractivity contribution is 7.89. The van der Waals surface area contributed by atoms with Gasteiger partial charge in [0.25, 0.3) is 0 Å². The van der Waals surface area contributed by atoms with E-state index < -0.39 is 10.0 Å². The smallest absolute Gasteiger partial charge is 0.240 e. The second-order valence-corrected chi connectivity index (χ2v) is 9.08. The van der Waals surface area contributed by atoms with Gasteiger partial charge in [0.15, 0.2) is 5.78 Å². The van der Waals surface area contributed by atoms with Gasteiger partial charge in [-0.15, -0.1) is 11.3 Å². The summed E-state index contributed by atoms with van der Waals surface area (Å²) in [7, 11) is -3.58. The summed E-state index contributed by atoms with van der Waals surface area (Å²) in [5.74, 6) is -0.0745. The van der Waals surface area contributed by atoms with Crippen molar-refractivity contribution < 1.29 is 13.2 Å². The van der Waals surface area contributed by atoms with Crippen LogP contribution in [0.3, 0.4) is 0 Å². The molecule has 24 heavy (non-hydrogen) atoms. The molecule has 0 saturated heterocycles. The molecular weight excluding hydrogens is 342 g/mol. The second kappa shape index (κ2) is 6.78. The molecule has 1 N–H and O–H groups in total. The minimum atomic E-state index is -3.58. The van der Waals surface area contributed by atoms with Crippen molar-refractivity contribution in [3.05, 3.63) is 52.2 Å². The van der Waals surface area contributed by atoms with Crippen molar-refractivity contribution >= 4 is 27.1 Å². The fourth-order valence-corrected chi connectivity index (χ4v) is 5.44. The van der Waals surface area contributed by atoms with Gasteiger partial charge in [0.05, 0.1) is 4.90 Å². The number of hydrogen-bond acceptors (Lipinski definition) is 4. The van der Waals surface area contributed by atoms with Gasteiger partial charge in [-0.1, -0.05) is 31.0 Å². The first-order valence-corrected chi connectivity index (χ1v) is 10.4. The number of thiophene rings is 1. The van der Waals surface area contributed by atoms with Crippen LogP contribution in [0.4, 0.5) is 0 Å². The Kier molecular flexibility index (Phi) is 4.90. The lowest BCUT2D eigenvalue weighted by Crippen LogP contribution is -2.38. The molecule has 1 aliphatic rings. The van der Waals surface area contributed by atoms with Crippen molar-refractivity contribution in [2.24, 2.45) is 0 Å². The number of sulfonamides is 1. The summed E-state index contributed by atoms with van der Waals surface area (Å²) in [6, 6.07) is 10.2. The van der Waals surface area contributed by atoms with Crippen molar-refractivity contribution in [3.63, 3.8) is 0 Å². The van der Waals surface area contributed by atoms with E-state index in [1.165, 1.54) is 23.9 Å². The molecule has 0 bridgehead atoms. The quantitative estimate of drug-likeness (QED) is 0.795.